The quantitative estimate of drug-likeness (QED) is 0.935. The van der Waals surface area contributed by atoms with Crippen molar-refractivity contribution < 1.29 is 4.74 Å². The molecule has 0 bridgehead atoms. The summed E-state index contributed by atoms with van der Waals surface area (Å²) in [5.74, 6) is 0. The predicted molar refractivity (Wildman–Crippen MR) is 86.7 cm³/mol. The Hall–Kier alpha value is -0.500. The third kappa shape index (κ3) is 3.78. The first-order valence-electron chi connectivity index (χ1n) is 6.36. The van der Waals surface area contributed by atoms with Crippen molar-refractivity contribution in [2.24, 2.45) is 5.73 Å². The molecule has 1 saturated heterocycles. The number of nitrogens with two attached hydrogens (primary N) is 1. The van der Waals surface area contributed by atoms with E-state index in [1.807, 2.05) is 0 Å². The monoisotopic (exact) mass is 331 g/mol. The number of thiophene rings is 1. The first-order chi connectivity index (χ1) is 9.35. The lowest BCUT2D eigenvalue weighted by atomic mass is 10.2. The zero-order valence-corrected chi connectivity index (χ0v) is 13.5. The van der Waals surface area contributed by atoms with Gasteiger partial charge in [-0.05, 0) is 11.4 Å². The van der Waals surface area contributed by atoms with Crippen molar-refractivity contribution in [2.75, 3.05) is 26.2 Å². The van der Waals surface area contributed by atoms with Crippen LogP contribution in [0, 0.1) is 0 Å². The normalized spacial score (nSPS) is 19.8. The maximum atomic E-state index is 5.66. The van der Waals surface area contributed by atoms with E-state index < -0.39 is 0 Å². The molecule has 0 amide bonds. The Labute approximate surface area is 133 Å². The van der Waals surface area contributed by atoms with Crippen LogP contribution >= 0.6 is 35.1 Å². The summed E-state index contributed by atoms with van der Waals surface area (Å²) in [6, 6.07) is 2.12. The molecule has 0 saturated carbocycles. The molecule has 2 N–H and O–H groups in total. The topological polar surface area (TPSA) is 51.4 Å². The van der Waals surface area contributed by atoms with E-state index in [4.69, 9.17) is 15.5 Å². The second-order valence-electron chi connectivity index (χ2n) is 4.62. The summed E-state index contributed by atoms with van der Waals surface area (Å²) in [5.41, 5.74) is 8.03. The lowest BCUT2D eigenvalue weighted by Gasteiger charge is -2.31. The van der Waals surface area contributed by atoms with Crippen molar-refractivity contribution in [3.05, 3.63) is 27.9 Å². The van der Waals surface area contributed by atoms with E-state index in [-0.39, 0.29) is 18.5 Å². The molecule has 20 heavy (non-hydrogen) atoms. The molecule has 2 aromatic rings. The zero-order valence-electron chi connectivity index (χ0n) is 11.0. The third-order valence-electron chi connectivity index (χ3n) is 3.19. The molecule has 110 valence electrons. The Morgan fingerprint density at radius 3 is 3.10 bits per heavy atom. The van der Waals surface area contributed by atoms with Gasteiger partial charge in [0.15, 0.2) is 0 Å². The van der Waals surface area contributed by atoms with Crippen molar-refractivity contribution in [1.82, 2.24) is 9.88 Å². The first kappa shape index (κ1) is 15.9. The molecule has 7 heteroatoms. The van der Waals surface area contributed by atoms with Gasteiger partial charge in [-0.25, -0.2) is 4.98 Å². The summed E-state index contributed by atoms with van der Waals surface area (Å²) < 4.78 is 5.58. The van der Waals surface area contributed by atoms with Gasteiger partial charge < -0.3 is 10.5 Å². The van der Waals surface area contributed by atoms with Gasteiger partial charge in [0.2, 0.25) is 0 Å². The molecule has 0 spiro atoms. The maximum absolute atomic E-state index is 5.66. The van der Waals surface area contributed by atoms with E-state index in [1.54, 1.807) is 22.7 Å². The summed E-state index contributed by atoms with van der Waals surface area (Å²) in [4.78, 5) is 7.08. The molecule has 1 aliphatic rings. The number of rotatable bonds is 4. The Balaban J connectivity index is 0.00000147. The molecule has 3 heterocycles. The number of ether oxygens (including phenoxy) is 1. The van der Waals surface area contributed by atoms with Gasteiger partial charge >= 0.3 is 0 Å². The van der Waals surface area contributed by atoms with Crippen LogP contribution in [0.25, 0.3) is 10.6 Å². The van der Waals surface area contributed by atoms with Crippen molar-refractivity contribution in [1.29, 1.82) is 0 Å². The molecule has 1 atom stereocenters. The van der Waals surface area contributed by atoms with Gasteiger partial charge in [0.25, 0.3) is 0 Å². The fourth-order valence-electron chi connectivity index (χ4n) is 2.19. The summed E-state index contributed by atoms with van der Waals surface area (Å²) in [5, 5.41) is 7.49. The lowest BCUT2D eigenvalue weighted by molar-refractivity contribution is -0.0263. The van der Waals surface area contributed by atoms with E-state index in [2.05, 4.69) is 27.1 Å². The van der Waals surface area contributed by atoms with E-state index in [1.165, 1.54) is 5.56 Å². The van der Waals surface area contributed by atoms with Crippen LogP contribution in [0.2, 0.25) is 0 Å². The lowest BCUT2D eigenvalue weighted by Crippen LogP contribution is -2.45. The Bertz CT molecular complexity index is 517. The van der Waals surface area contributed by atoms with Crippen LogP contribution in [0.4, 0.5) is 0 Å². The van der Waals surface area contributed by atoms with E-state index in [9.17, 15) is 0 Å². The van der Waals surface area contributed by atoms with Crippen LogP contribution in [0.5, 0.6) is 0 Å². The highest BCUT2D eigenvalue weighted by molar-refractivity contribution is 7.14. The number of halogens is 1. The van der Waals surface area contributed by atoms with Gasteiger partial charge in [-0.3, -0.25) is 4.90 Å². The SMILES string of the molecule is Cl.NCC1CN(Cc2csc(-c3ccsc3)n2)CCO1. The molecular formula is C13H18ClN3OS2. The first-order valence-corrected chi connectivity index (χ1v) is 8.18. The zero-order chi connectivity index (χ0) is 13.1. The molecule has 1 fully saturated rings. The minimum atomic E-state index is 0. The van der Waals surface area contributed by atoms with Crippen molar-refractivity contribution >= 4 is 35.1 Å². The van der Waals surface area contributed by atoms with Gasteiger partial charge in [0, 0.05) is 42.5 Å². The van der Waals surface area contributed by atoms with Crippen LogP contribution < -0.4 is 5.73 Å². The van der Waals surface area contributed by atoms with Crippen LogP contribution in [-0.4, -0.2) is 42.2 Å². The van der Waals surface area contributed by atoms with Crippen molar-refractivity contribution in [3.63, 3.8) is 0 Å². The van der Waals surface area contributed by atoms with Crippen LogP contribution in [0.1, 0.15) is 5.69 Å². The summed E-state index contributed by atoms with van der Waals surface area (Å²) >= 11 is 3.42. The van der Waals surface area contributed by atoms with E-state index in [0.717, 1.165) is 36.9 Å². The summed E-state index contributed by atoms with van der Waals surface area (Å²) in [6.07, 6.45) is 0.170. The highest BCUT2D eigenvalue weighted by Crippen LogP contribution is 2.26. The smallest absolute Gasteiger partial charge is 0.124 e. The van der Waals surface area contributed by atoms with Crippen molar-refractivity contribution in [2.45, 2.75) is 12.6 Å². The standard InChI is InChI=1S/C13H17N3OS2.ClH/c14-5-12-7-16(2-3-17-12)6-11-9-19-13(15-11)10-1-4-18-8-10;/h1,4,8-9,12H,2-3,5-7,14H2;1H. The number of morpholine rings is 1. The second kappa shape index (κ2) is 7.49. The number of hydrogen-bond donors (Lipinski definition) is 1. The van der Waals surface area contributed by atoms with Gasteiger partial charge in [-0.1, -0.05) is 0 Å². The largest absolute Gasteiger partial charge is 0.374 e. The molecular weight excluding hydrogens is 314 g/mol. The molecule has 1 aliphatic heterocycles. The summed E-state index contributed by atoms with van der Waals surface area (Å²) in [6.45, 7) is 4.11. The van der Waals surface area contributed by atoms with Gasteiger partial charge in [-0.2, -0.15) is 11.3 Å². The molecule has 0 aliphatic carbocycles. The molecule has 2 aromatic heterocycles. The fraction of sp³-hybridized carbons (Fsp3) is 0.462. The third-order valence-corrected chi connectivity index (χ3v) is 4.81. The minimum absolute atomic E-state index is 0. The predicted octanol–water partition coefficient (Wildman–Crippen LogP) is 2.45. The van der Waals surface area contributed by atoms with Gasteiger partial charge in [0.1, 0.15) is 5.01 Å². The number of hydrogen-bond acceptors (Lipinski definition) is 6. The molecule has 3 rings (SSSR count). The maximum Gasteiger partial charge on any atom is 0.124 e. The minimum Gasteiger partial charge on any atom is -0.374 e. The van der Waals surface area contributed by atoms with E-state index in [0.29, 0.717) is 6.54 Å². The fourth-order valence-corrected chi connectivity index (χ4v) is 3.72. The average Bonchev–Trinajstić information content (AvgIpc) is 3.09. The molecule has 4 nitrogen and oxygen atoms in total. The van der Waals surface area contributed by atoms with Gasteiger partial charge in [-0.15, -0.1) is 23.7 Å². The number of nitrogens with zero attached hydrogens (tertiary/aromatic N) is 2. The second-order valence-corrected chi connectivity index (χ2v) is 6.26. The molecule has 0 radical (unpaired) electrons. The number of aromatic nitrogens is 1. The van der Waals surface area contributed by atoms with Crippen LogP contribution in [0.15, 0.2) is 22.2 Å². The highest BCUT2D eigenvalue weighted by Gasteiger charge is 2.20. The highest BCUT2D eigenvalue weighted by atomic mass is 35.5. The molecule has 0 aromatic carbocycles. The Morgan fingerprint density at radius 1 is 1.45 bits per heavy atom. The Morgan fingerprint density at radius 2 is 2.35 bits per heavy atom. The molecule has 1 unspecified atom stereocenters. The summed E-state index contributed by atoms with van der Waals surface area (Å²) in [7, 11) is 0. The van der Waals surface area contributed by atoms with Crippen LogP contribution in [-0.2, 0) is 11.3 Å². The number of thiazole rings is 1. The van der Waals surface area contributed by atoms with Gasteiger partial charge in [0.05, 0.1) is 18.4 Å². The van der Waals surface area contributed by atoms with Crippen LogP contribution in [0.3, 0.4) is 0 Å². The van der Waals surface area contributed by atoms with E-state index >= 15 is 0 Å². The average molecular weight is 332 g/mol. The Kier molecular flexibility index (Phi) is 5.95. The van der Waals surface area contributed by atoms with Crippen molar-refractivity contribution in [3.8, 4) is 10.6 Å².